The molecule has 0 saturated heterocycles. The van der Waals surface area contributed by atoms with Gasteiger partial charge in [-0.2, -0.15) is 0 Å². The van der Waals surface area contributed by atoms with Crippen LogP contribution in [0.4, 0.5) is 0 Å². The van der Waals surface area contributed by atoms with Crippen LogP contribution < -0.4 is 21.2 Å². The molecule has 0 spiro atoms. The van der Waals surface area contributed by atoms with Crippen LogP contribution in [0.15, 0.2) is 12.3 Å². The minimum absolute atomic E-state index is 0.0538. The summed E-state index contributed by atoms with van der Waals surface area (Å²) in [5, 5.41) is 7.18. The van der Waals surface area contributed by atoms with Gasteiger partial charge in [0.2, 0.25) is 0 Å². The summed E-state index contributed by atoms with van der Waals surface area (Å²) in [5.74, 6) is 1.08. The molecule has 4 nitrogen and oxygen atoms in total. The standard InChI is InChI=1S/C9H12IN4/c1-6-3-8(14-13-6)10-4-9-11-5-7(2)12-9/h3,5H,4H2,1-2H3,(H,11,12)(H,13,14)/q-1. The molecule has 2 heterocycles. The van der Waals surface area contributed by atoms with Crippen molar-refractivity contribution in [3.63, 3.8) is 0 Å². The Morgan fingerprint density at radius 3 is 2.79 bits per heavy atom. The van der Waals surface area contributed by atoms with Crippen LogP contribution in [0, 0.1) is 17.5 Å². The first-order valence-electron chi connectivity index (χ1n) is 4.35. The van der Waals surface area contributed by atoms with Crippen molar-refractivity contribution in [3.05, 3.63) is 33.2 Å². The van der Waals surface area contributed by atoms with E-state index < -0.39 is 0 Å². The Bertz CT molecular complexity index is 378. The van der Waals surface area contributed by atoms with Crippen molar-refractivity contribution in [2.45, 2.75) is 18.3 Å². The summed E-state index contributed by atoms with van der Waals surface area (Å²) in [6.07, 6.45) is 1.87. The first kappa shape index (κ1) is 9.70. The van der Waals surface area contributed by atoms with Gasteiger partial charge in [0.1, 0.15) is 0 Å². The fourth-order valence-corrected chi connectivity index (χ4v) is 3.24. The van der Waals surface area contributed by atoms with Gasteiger partial charge in [0.15, 0.2) is 0 Å². The Kier molecular flexibility index (Phi) is 2.85. The zero-order valence-corrected chi connectivity index (χ0v) is 10.3. The quantitative estimate of drug-likeness (QED) is 0.520. The molecule has 0 aliphatic rings. The summed E-state index contributed by atoms with van der Waals surface area (Å²) in [4.78, 5) is 7.50. The molecule has 0 aliphatic heterocycles. The Labute approximate surface area is 92.8 Å². The molecule has 0 unspecified atom stereocenters. The maximum absolute atomic E-state index is 4.27. The molecule has 5 heteroatoms. The topological polar surface area (TPSA) is 57.4 Å². The van der Waals surface area contributed by atoms with Gasteiger partial charge in [-0.25, -0.2) is 0 Å². The molecule has 2 aromatic heterocycles. The second-order valence-corrected chi connectivity index (χ2v) is 5.78. The van der Waals surface area contributed by atoms with Crippen LogP contribution in [-0.4, -0.2) is 20.2 Å². The van der Waals surface area contributed by atoms with Crippen LogP contribution in [0.3, 0.4) is 0 Å². The molecule has 0 fully saturated rings. The molecule has 2 aromatic rings. The van der Waals surface area contributed by atoms with Crippen molar-refractivity contribution in [2.24, 2.45) is 0 Å². The number of nitrogens with one attached hydrogen (secondary N) is 2. The molecular weight excluding hydrogens is 291 g/mol. The van der Waals surface area contributed by atoms with Crippen LogP contribution >= 0.6 is 0 Å². The molecule has 0 amide bonds. The molecule has 0 aromatic carbocycles. The second-order valence-electron chi connectivity index (χ2n) is 3.15. The summed E-state index contributed by atoms with van der Waals surface area (Å²) in [7, 11) is 0. The zero-order valence-electron chi connectivity index (χ0n) is 8.13. The summed E-state index contributed by atoms with van der Waals surface area (Å²) in [6.45, 7) is 4.05. The van der Waals surface area contributed by atoms with Crippen LogP contribution in [0.2, 0.25) is 0 Å². The van der Waals surface area contributed by atoms with Crippen molar-refractivity contribution in [3.8, 4) is 0 Å². The summed E-state index contributed by atoms with van der Waals surface area (Å²) < 4.78 is 2.23. The third kappa shape index (κ3) is 2.34. The molecule has 0 aliphatic carbocycles. The van der Waals surface area contributed by atoms with Gasteiger partial charge in [0, 0.05) is 0 Å². The molecule has 0 saturated carbocycles. The fourth-order valence-electron chi connectivity index (χ4n) is 1.12. The van der Waals surface area contributed by atoms with Crippen molar-refractivity contribution >= 4 is 0 Å². The number of aromatic amines is 2. The van der Waals surface area contributed by atoms with E-state index in [0.717, 1.165) is 21.6 Å². The molecule has 0 bridgehead atoms. The first-order valence-corrected chi connectivity index (χ1v) is 6.96. The number of aromatic nitrogens is 4. The van der Waals surface area contributed by atoms with E-state index in [1.807, 2.05) is 20.0 Å². The number of hydrogen-bond donors (Lipinski definition) is 2. The first-order chi connectivity index (χ1) is 6.74. The number of imidazole rings is 1. The third-order valence-electron chi connectivity index (χ3n) is 1.76. The monoisotopic (exact) mass is 303 g/mol. The summed E-state index contributed by atoms with van der Waals surface area (Å²) in [5.41, 5.74) is 2.26. The molecule has 0 radical (unpaired) electrons. The van der Waals surface area contributed by atoms with E-state index in [2.05, 4.69) is 26.2 Å². The normalized spacial score (nSPS) is 11.0. The van der Waals surface area contributed by atoms with Crippen LogP contribution in [0.5, 0.6) is 0 Å². The van der Waals surface area contributed by atoms with Crippen molar-refractivity contribution < 1.29 is 21.2 Å². The molecule has 0 atom stereocenters. The van der Waals surface area contributed by atoms with E-state index in [1.54, 1.807) is 0 Å². The SMILES string of the molecule is Cc1cc([I-]Cc2ncc(C)[nH]2)n[nH]1. The van der Waals surface area contributed by atoms with Gasteiger partial charge in [-0.1, -0.05) is 0 Å². The van der Waals surface area contributed by atoms with Crippen LogP contribution in [0.1, 0.15) is 17.2 Å². The predicted octanol–water partition coefficient (Wildman–Crippen LogP) is -1.79. The second kappa shape index (κ2) is 4.12. The van der Waals surface area contributed by atoms with E-state index in [0.29, 0.717) is 0 Å². The van der Waals surface area contributed by atoms with Crippen LogP contribution in [0.25, 0.3) is 0 Å². The van der Waals surface area contributed by atoms with Crippen LogP contribution in [-0.2, 0) is 4.43 Å². The minimum atomic E-state index is -0.0538. The van der Waals surface area contributed by atoms with E-state index in [-0.39, 0.29) is 21.2 Å². The van der Waals surface area contributed by atoms with Gasteiger partial charge in [-0.05, 0) is 0 Å². The van der Waals surface area contributed by atoms with Gasteiger partial charge in [0.25, 0.3) is 0 Å². The van der Waals surface area contributed by atoms with E-state index >= 15 is 0 Å². The Balaban J connectivity index is 1.94. The Morgan fingerprint density at radius 2 is 2.21 bits per heavy atom. The molecule has 76 valence electrons. The predicted molar refractivity (Wildman–Crippen MR) is 49.1 cm³/mol. The average molecular weight is 303 g/mol. The number of aryl methyl sites for hydroxylation is 2. The van der Waals surface area contributed by atoms with E-state index in [1.165, 1.54) is 3.70 Å². The number of nitrogens with zero attached hydrogens (tertiary/aromatic N) is 2. The van der Waals surface area contributed by atoms with Gasteiger partial charge in [-0.15, -0.1) is 0 Å². The molecule has 14 heavy (non-hydrogen) atoms. The number of rotatable bonds is 3. The Morgan fingerprint density at radius 1 is 1.36 bits per heavy atom. The van der Waals surface area contributed by atoms with Gasteiger partial charge < -0.3 is 0 Å². The Hall–Kier alpha value is -0.850. The molecule has 2 rings (SSSR count). The molecule has 2 N–H and O–H groups in total. The third-order valence-corrected chi connectivity index (χ3v) is 4.20. The van der Waals surface area contributed by atoms with Gasteiger partial charge in [0.05, 0.1) is 0 Å². The van der Waals surface area contributed by atoms with E-state index in [4.69, 9.17) is 0 Å². The zero-order chi connectivity index (χ0) is 9.97. The maximum atomic E-state index is 4.27. The number of halogens is 1. The molecular formula is C9H12IN4-. The van der Waals surface area contributed by atoms with Gasteiger partial charge in [-0.3, -0.25) is 0 Å². The average Bonchev–Trinajstić information content (AvgIpc) is 2.72. The summed E-state index contributed by atoms with van der Waals surface area (Å²) in [6, 6.07) is 2.11. The number of alkyl halides is 1. The van der Waals surface area contributed by atoms with Crippen molar-refractivity contribution in [2.75, 3.05) is 0 Å². The van der Waals surface area contributed by atoms with Gasteiger partial charge >= 0.3 is 92.8 Å². The van der Waals surface area contributed by atoms with Crippen molar-refractivity contribution in [1.29, 1.82) is 0 Å². The number of hydrogen-bond acceptors (Lipinski definition) is 2. The number of H-pyrrole nitrogens is 2. The van der Waals surface area contributed by atoms with E-state index in [9.17, 15) is 0 Å². The fraction of sp³-hybridized carbons (Fsp3) is 0.333. The van der Waals surface area contributed by atoms with Crippen molar-refractivity contribution in [1.82, 2.24) is 20.2 Å². The summed E-state index contributed by atoms with van der Waals surface area (Å²) >= 11 is -0.0538.